The second kappa shape index (κ2) is 5.45. The second-order valence-corrected chi connectivity index (χ2v) is 5.14. The second-order valence-electron chi connectivity index (χ2n) is 5.14. The number of anilines is 2. The first-order valence-corrected chi connectivity index (χ1v) is 6.96. The fourth-order valence-electron chi connectivity index (χ4n) is 2.73. The van der Waals surface area contributed by atoms with Gasteiger partial charge in [0.15, 0.2) is 5.54 Å². The van der Waals surface area contributed by atoms with Gasteiger partial charge in [0, 0.05) is 23.4 Å². The number of hydrogen-bond acceptors (Lipinski definition) is 3. The number of nitrogens with one attached hydrogen (secondary N) is 2. The summed E-state index contributed by atoms with van der Waals surface area (Å²) in [5.41, 5.74) is 1.53. The molecule has 0 aliphatic carbocycles. The van der Waals surface area contributed by atoms with Crippen molar-refractivity contribution in [1.29, 1.82) is 0 Å². The van der Waals surface area contributed by atoms with Gasteiger partial charge in [-0.15, -0.1) is 12.3 Å². The maximum absolute atomic E-state index is 12.6. The minimum absolute atomic E-state index is 0.137. The average molecular weight is 292 g/mol. The molecule has 1 atom stereocenters. The van der Waals surface area contributed by atoms with Gasteiger partial charge in [0.1, 0.15) is 5.75 Å². The van der Waals surface area contributed by atoms with Crippen molar-refractivity contribution in [3.05, 3.63) is 54.1 Å². The molecule has 2 aromatic carbocycles. The predicted octanol–water partition coefficient (Wildman–Crippen LogP) is 2.98. The lowest BCUT2D eigenvalue weighted by molar-refractivity contribution is -0.119. The molecule has 0 spiro atoms. The summed E-state index contributed by atoms with van der Waals surface area (Å²) in [6, 6.07) is 15.0. The van der Waals surface area contributed by atoms with Gasteiger partial charge in [0.05, 0.1) is 7.11 Å². The van der Waals surface area contributed by atoms with Crippen LogP contribution in [0.25, 0.3) is 0 Å². The lowest BCUT2D eigenvalue weighted by Gasteiger charge is -2.28. The fourth-order valence-corrected chi connectivity index (χ4v) is 2.73. The number of methoxy groups -OCH3 is 1. The van der Waals surface area contributed by atoms with E-state index in [9.17, 15) is 4.79 Å². The van der Waals surface area contributed by atoms with Crippen molar-refractivity contribution in [2.45, 2.75) is 12.0 Å². The molecule has 22 heavy (non-hydrogen) atoms. The SMILES string of the molecule is C#CCC1(Nc2ccc(OC)cc2)C(=O)Nc2ccccc21. The summed E-state index contributed by atoms with van der Waals surface area (Å²) in [7, 11) is 1.61. The van der Waals surface area contributed by atoms with E-state index in [1.54, 1.807) is 7.11 Å². The van der Waals surface area contributed by atoms with Gasteiger partial charge >= 0.3 is 0 Å². The van der Waals surface area contributed by atoms with E-state index in [1.807, 2.05) is 48.5 Å². The number of hydrogen-bond donors (Lipinski definition) is 2. The molecule has 1 amide bonds. The lowest BCUT2D eigenvalue weighted by atomic mass is 9.87. The number of amides is 1. The van der Waals surface area contributed by atoms with Gasteiger partial charge in [-0.3, -0.25) is 4.79 Å². The molecule has 3 rings (SSSR count). The first-order chi connectivity index (χ1) is 10.7. The van der Waals surface area contributed by atoms with Crippen molar-refractivity contribution in [3.8, 4) is 18.1 Å². The Labute approximate surface area is 129 Å². The molecule has 1 aliphatic heterocycles. The van der Waals surface area contributed by atoms with E-state index in [1.165, 1.54) is 0 Å². The number of ether oxygens (including phenoxy) is 1. The van der Waals surface area contributed by atoms with Gasteiger partial charge in [-0.1, -0.05) is 18.2 Å². The molecule has 0 radical (unpaired) electrons. The Bertz CT molecular complexity index is 746. The van der Waals surface area contributed by atoms with Crippen LogP contribution in [0.3, 0.4) is 0 Å². The van der Waals surface area contributed by atoms with E-state index >= 15 is 0 Å². The smallest absolute Gasteiger partial charge is 0.255 e. The van der Waals surface area contributed by atoms with Crippen LogP contribution in [0.15, 0.2) is 48.5 Å². The van der Waals surface area contributed by atoms with Crippen LogP contribution in [0.2, 0.25) is 0 Å². The van der Waals surface area contributed by atoms with E-state index in [0.717, 1.165) is 22.7 Å². The highest BCUT2D eigenvalue weighted by Gasteiger charge is 2.46. The molecule has 1 heterocycles. The summed E-state index contributed by atoms with van der Waals surface area (Å²) in [5, 5.41) is 6.20. The lowest BCUT2D eigenvalue weighted by Crippen LogP contribution is -2.41. The zero-order valence-corrected chi connectivity index (χ0v) is 12.2. The van der Waals surface area contributed by atoms with Crippen LogP contribution in [-0.2, 0) is 10.3 Å². The van der Waals surface area contributed by atoms with E-state index in [2.05, 4.69) is 16.6 Å². The summed E-state index contributed by atoms with van der Waals surface area (Å²) in [4.78, 5) is 12.6. The Hall–Kier alpha value is -2.93. The number of benzene rings is 2. The van der Waals surface area contributed by atoms with Crippen LogP contribution in [0.5, 0.6) is 5.75 Å². The van der Waals surface area contributed by atoms with Crippen molar-refractivity contribution in [2.75, 3.05) is 17.7 Å². The summed E-state index contributed by atoms with van der Waals surface area (Å²) < 4.78 is 5.15. The monoisotopic (exact) mass is 292 g/mol. The van der Waals surface area contributed by atoms with E-state index in [4.69, 9.17) is 11.2 Å². The molecule has 4 heteroatoms. The molecule has 0 fully saturated rings. The summed E-state index contributed by atoms with van der Waals surface area (Å²) >= 11 is 0. The molecule has 1 aliphatic rings. The van der Waals surface area contributed by atoms with Gasteiger partial charge in [-0.25, -0.2) is 0 Å². The van der Waals surface area contributed by atoms with Gasteiger partial charge < -0.3 is 15.4 Å². The molecule has 4 nitrogen and oxygen atoms in total. The number of carbonyl (C=O) groups is 1. The molecule has 110 valence electrons. The molecule has 2 aromatic rings. The zero-order valence-electron chi connectivity index (χ0n) is 12.2. The standard InChI is InChI=1S/C18H16N2O2/c1-3-12-18(20-13-8-10-14(22-2)11-9-13)15-6-4-5-7-16(15)19-17(18)21/h1,4-11,20H,12H2,2H3,(H,19,21). The van der Waals surface area contributed by atoms with Crippen LogP contribution in [0.1, 0.15) is 12.0 Å². The van der Waals surface area contributed by atoms with Crippen molar-refractivity contribution < 1.29 is 9.53 Å². The van der Waals surface area contributed by atoms with Crippen molar-refractivity contribution in [2.24, 2.45) is 0 Å². The van der Waals surface area contributed by atoms with Gasteiger partial charge in [0.2, 0.25) is 0 Å². The number of para-hydroxylation sites is 1. The summed E-state index contributed by atoms with van der Waals surface area (Å²) in [6.45, 7) is 0. The quantitative estimate of drug-likeness (QED) is 0.852. The number of rotatable bonds is 4. The third-order valence-electron chi connectivity index (χ3n) is 3.84. The zero-order chi connectivity index (χ0) is 15.6. The van der Waals surface area contributed by atoms with Crippen molar-refractivity contribution >= 4 is 17.3 Å². The van der Waals surface area contributed by atoms with Gasteiger partial charge in [-0.05, 0) is 30.3 Å². The molecular weight excluding hydrogens is 276 g/mol. The third kappa shape index (κ3) is 2.17. The average Bonchev–Trinajstić information content (AvgIpc) is 2.81. The Morgan fingerprint density at radius 3 is 2.64 bits per heavy atom. The molecule has 0 bridgehead atoms. The van der Waals surface area contributed by atoms with Crippen LogP contribution in [0, 0.1) is 12.3 Å². The van der Waals surface area contributed by atoms with Crippen molar-refractivity contribution in [3.63, 3.8) is 0 Å². The largest absolute Gasteiger partial charge is 0.497 e. The predicted molar refractivity (Wildman–Crippen MR) is 86.8 cm³/mol. The van der Waals surface area contributed by atoms with E-state index in [-0.39, 0.29) is 12.3 Å². The minimum atomic E-state index is -0.945. The van der Waals surface area contributed by atoms with E-state index in [0.29, 0.717) is 0 Å². The minimum Gasteiger partial charge on any atom is -0.497 e. The Morgan fingerprint density at radius 2 is 1.95 bits per heavy atom. The van der Waals surface area contributed by atoms with Gasteiger partial charge in [-0.2, -0.15) is 0 Å². The highest BCUT2D eigenvalue weighted by Crippen LogP contribution is 2.40. The highest BCUT2D eigenvalue weighted by atomic mass is 16.5. The Kier molecular flexibility index (Phi) is 3.48. The Balaban J connectivity index is 2.02. The number of terminal acetylenes is 1. The topological polar surface area (TPSA) is 50.4 Å². The molecule has 0 saturated carbocycles. The molecule has 1 unspecified atom stereocenters. The normalized spacial score (nSPS) is 19.0. The van der Waals surface area contributed by atoms with Crippen LogP contribution >= 0.6 is 0 Å². The first kappa shape index (κ1) is 14.0. The number of carbonyl (C=O) groups excluding carboxylic acids is 1. The summed E-state index contributed by atoms with van der Waals surface area (Å²) in [5.74, 6) is 3.24. The first-order valence-electron chi connectivity index (χ1n) is 6.96. The highest BCUT2D eigenvalue weighted by molar-refractivity contribution is 6.07. The molecule has 2 N–H and O–H groups in total. The molecular formula is C18H16N2O2. The van der Waals surface area contributed by atoms with Crippen LogP contribution < -0.4 is 15.4 Å². The maximum Gasteiger partial charge on any atom is 0.255 e. The fraction of sp³-hybridized carbons (Fsp3) is 0.167. The Morgan fingerprint density at radius 1 is 1.23 bits per heavy atom. The van der Waals surface area contributed by atoms with Crippen LogP contribution in [-0.4, -0.2) is 13.0 Å². The van der Waals surface area contributed by atoms with Gasteiger partial charge in [0.25, 0.3) is 5.91 Å². The molecule has 0 saturated heterocycles. The van der Waals surface area contributed by atoms with E-state index < -0.39 is 5.54 Å². The summed E-state index contributed by atoms with van der Waals surface area (Å²) in [6.07, 6.45) is 5.79. The van der Waals surface area contributed by atoms with Crippen LogP contribution in [0.4, 0.5) is 11.4 Å². The maximum atomic E-state index is 12.6. The number of fused-ring (bicyclic) bond motifs is 1. The van der Waals surface area contributed by atoms with Crippen molar-refractivity contribution in [1.82, 2.24) is 0 Å². The third-order valence-corrected chi connectivity index (χ3v) is 3.84. The molecule has 0 aromatic heterocycles.